The van der Waals surface area contributed by atoms with Crippen LogP contribution in [-0.2, 0) is 5.41 Å². The molecule has 0 aliphatic heterocycles. The number of anilines is 3. The second-order valence-electron chi connectivity index (χ2n) is 13.3. The monoisotopic (exact) mass is 667 g/mol. The van der Waals surface area contributed by atoms with Crippen LogP contribution < -0.4 is 4.90 Å². The van der Waals surface area contributed by atoms with Crippen molar-refractivity contribution in [3.05, 3.63) is 222 Å². The molecule has 9 aromatic rings. The van der Waals surface area contributed by atoms with Crippen LogP contribution in [0.1, 0.15) is 22.3 Å². The second-order valence-corrected chi connectivity index (χ2v) is 14.3. The number of fused-ring (bicyclic) bond motifs is 6. The van der Waals surface area contributed by atoms with E-state index in [1.807, 2.05) is 11.3 Å². The van der Waals surface area contributed by atoms with Crippen molar-refractivity contribution in [3.8, 4) is 22.3 Å². The molecular weight excluding hydrogens is 635 g/mol. The van der Waals surface area contributed by atoms with Gasteiger partial charge >= 0.3 is 0 Å². The fourth-order valence-corrected chi connectivity index (χ4v) is 9.48. The molecule has 1 aliphatic carbocycles. The SMILES string of the molecule is c1ccc(-c2ccc(N(c3ccccc3)c3cccc4sc5ccc(C6(c7ccccc7)c7ccccc7-c7ccccc76)cc5c34)cc2)cc1. The van der Waals surface area contributed by atoms with Gasteiger partial charge in [0.2, 0.25) is 0 Å². The Morgan fingerprint density at radius 2 is 0.961 bits per heavy atom. The van der Waals surface area contributed by atoms with E-state index < -0.39 is 5.41 Å². The topological polar surface area (TPSA) is 3.24 Å². The number of benzene rings is 8. The third-order valence-electron chi connectivity index (χ3n) is 10.6. The van der Waals surface area contributed by atoms with Crippen LogP contribution in [0.5, 0.6) is 0 Å². The fraction of sp³-hybridized carbons (Fsp3) is 0.0204. The van der Waals surface area contributed by atoms with Crippen molar-refractivity contribution < 1.29 is 0 Å². The molecule has 10 rings (SSSR count). The van der Waals surface area contributed by atoms with Gasteiger partial charge in [0, 0.05) is 31.5 Å². The maximum atomic E-state index is 2.49. The molecule has 1 aliphatic rings. The van der Waals surface area contributed by atoms with Gasteiger partial charge in [-0.25, -0.2) is 0 Å². The van der Waals surface area contributed by atoms with Crippen molar-refractivity contribution >= 4 is 48.6 Å². The summed E-state index contributed by atoms with van der Waals surface area (Å²) in [5.41, 5.74) is 13.3. The number of nitrogens with zero attached hydrogens (tertiary/aromatic N) is 1. The fourth-order valence-electron chi connectivity index (χ4n) is 8.38. The maximum absolute atomic E-state index is 2.49. The zero-order valence-electron chi connectivity index (χ0n) is 27.9. The van der Waals surface area contributed by atoms with Gasteiger partial charge in [-0.3, -0.25) is 0 Å². The second kappa shape index (κ2) is 12.0. The largest absolute Gasteiger partial charge is 0.310 e. The predicted octanol–water partition coefficient (Wildman–Crippen LogP) is 13.6. The summed E-state index contributed by atoms with van der Waals surface area (Å²) in [4.78, 5) is 2.42. The zero-order chi connectivity index (χ0) is 33.8. The zero-order valence-corrected chi connectivity index (χ0v) is 28.7. The highest BCUT2D eigenvalue weighted by Crippen LogP contribution is 2.57. The molecule has 1 nitrogen and oxygen atoms in total. The van der Waals surface area contributed by atoms with Crippen molar-refractivity contribution in [1.82, 2.24) is 0 Å². The van der Waals surface area contributed by atoms with Gasteiger partial charge in [-0.2, -0.15) is 0 Å². The van der Waals surface area contributed by atoms with Crippen molar-refractivity contribution in [2.45, 2.75) is 5.41 Å². The third-order valence-corrected chi connectivity index (χ3v) is 11.7. The Kier molecular flexibility index (Phi) is 6.97. The molecule has 0 bridgehead atoms. The number of hydrogen-bond acceptors (Lipinski definition) is 2. The first-order valence-electron chi connectivity index (χ1n) is 17.5. The molecule has 0 saturated heterocycles. The van der Waals surface area contributed by atoms with E-state index in [1.54, 1.807) is 0 Å². The van der Waals surface area contributed by atoms with Crippen molar-refractivity contribution in [2.24, 2.45) is 0 Å². The van der Waals surface area contributed by atoms with Crippen LogP contribution >= 0.6 is 11.3 Å². The Labute approximate surface area is 302 Å². The minimum absolute atomic E-state index is 0.446. The number of rotatable bonds is 6. The summed E-state index contributed by atoms with van der Waals surface area (Å²) in [5, 5.41) is 2.56. The number of hydrogen-bond donors (Lipinski definition) is 0. The first-order valence-corrected chi connectivity index (χ1v) is 18.3. The average molecular weight is 668 g/mol. The quantitative estimate of drug-likeness (QED) is 0.171. The average Bonchev–Trinajstić information content (AvgIpc) is 3.73. The van der Waals surface area contributed by atoms with Crippen LogP contribution in [0.4, 0.5) is 17.1 Å². The minimum Gasteiger partial charge on any atom is -0.310 e. The smallest absolute Gasteiger partial charge is 0.0713 e. The van der Waals surface area contributed by atoms with E-state index in [-0.39, 0.29) is 0 Å². The lowest BCUT2D eigenvalue weighted by Crippen LogP contribution is -2.28. The van der Waals surface area contributed by atoms with Crippen LogP contribution in [0.3, 0.4) is 0 Å². The lowest BCUT2D eigenvalue weighted by atomic mass is 9.67. The molecule has 2 heteroatoms. The summed E-state index contributed by atoms with van der Waals surface area (Å²) in [5.74, 6) is 0. The van der Waals surface area contributed by atoms with Gasteiger partial charge in [-0.15, -0.1) is 11.3 Å². The van der Waals surface area contributed by atoms with Gasteiger partial charge in [0.05, 0.1) is 11.1 Å². The Morgan fingerprint density at radius 3 is 1.65 bits per heavy atom. The lowest BCUT2D eigenvalue weighted by Gasteiger charge is -2.34. The standard InChI is InChI=1S/C49H33NS/c1-4-15-34(16-5-1)35-27-30-39(31-28-35)50(38-19-8-3-9-20-38)45-25-14-26-47-48(45)42-33-37(29-32-46(42)51-47)49(36-17-6-2-7-18-36)43-23-12-10-21-40(43)41-22-11-13-24-44(41)49/h1-33H. The molecule has 0 saturated carbocycles. The summed E-state index contributed by atoms with van der Waals surface area (Å²) in [6.45, 7) is 0. The van der Waals surface area contributed by atoms with Crippen molar-refractivity contribution in [3.63, 3.8) is 0 Å². The molecule has 0 spiro atoms. The van der Waals surface area contributed by atoms with Gasteiger partial charge in [-0.1, -0.05) is 152 Å². The van der Waals surface area contributed by atoms with Crippen LogP contribution in [0.2, 0.25) is 0 Å². The molecule has 0 amide bonds. The van der Waals surface area contributed by atoms with Crippen LogP contribution in [0, 0.1) is 0 Å². The van der Waals surface area contributed by atoms with E-state index >= 15 is 0 Å². The van der Waals surface area contributed by atoms with Crippen molar-refractivity contribution in [1.29, 1.82) is 0 Å². The molecule has 1 heterocycles. The van der Waals surface area contributed by atoms with Crippen LogP contribution in [0.15, 0.2) is 200 Å². The highest BCUT2D eigenvalue weighted by Gasteiger charge is 2.46. The molecule has 0 radical (unpaired) electrons. The van der Waals surface area contributed by atoms with Gasteiger partial charge < -0.3 is 4.90 Å². The summed E-state index contributed by atoms with van der Waals surface area (Å²) in [6, 6.07) is 73.4. The number of thiophene rings is 1. The Morgan fingerprint density at radius 1 is 0.392 bits per heavy atom. The lowest BCUT2D eigenvalue weighted by molar-refractivity contribution is 0.770. The summed E-state index contributed by atoms with van der Waals surface area (Å²) >= 11 is 1.87. The molecule has 0 unspecified atom stereocenters. The summed E-state index contributed by atoms with van der Waals surface area (Å²) in [7, 11) is 0. The Balaban J connectivity index is 1.23. The van der Waals surface area contributed by atoms with Crippen LogP contribution in [0.25, 0.3) is 42.4 Å². The molecule has 0 N–H and O–H groups in total. The third kappa shape index (κ3) is 4.61. The van der Waals surface area contributed by atoms with Crippen molar-refractivity contribution in [2.75, 3.05) is 4.90 Å². The molecule has 0 fully saturated rings. The highest BCUT2D eigenvalue weighted by molar-refractivity contribution is 7.26. The Hall–Kier alpha value is -6.22. The molecule has 51 heavy (non-hydrogen) atoms. The van der Waals surface area contributed by atoms with Crippen LogP contribution in [-0.4, -0.2) is 0 Å². The van der Waals surface area contributed by atoms with E-state index in [0.717, 1.165) is 11.4 Å². The van der Waals surface area contributed by atoms with E-state index in [1.165, 1.54) is 70.4 Å². The predicted molar refractivity (Wildman–Crippen MR) is 217 cm³/mol. The summed E-state index contributed by atoms with van der Waals surface area (Å²) in [6.07, 6.45) is 0. The van der Waals surface area contributed by atoms with Gasteiger partial charge in [0.1, 0.15) is 0 Å². The molecule has 0 atom stereocenters. The highest BCUT2D eigenvalue weighted by atomic mass is 32.1. The number of para-hydroxylation sites is 1. The molecule has 1 aromatic heterocycles. The summed E-state index contributed by atoms with van der Waals surface area (Å²) < 4.78 is 2.57. The minimum atomic E-state index is -0.446. The van der Waals surface area contributed by atoms with E-state index in [9.17, 15) is 0 Å². The maximum Gasteiger partial charge on any atom is 0.0713 e. The first kappa shape index (κ1) is 29.7. The van der Waals surface area contributed by atoms with Gasteiger partial charge in [-0.05, 0) is 93.0 Å². The van der Waals surface area contributed by atoms with Gasteiger partial charge in [0.15, 0.2) is 0 Å². The molecular formula is C49H33NS. The normalized spacial score (nSPS) is 12.9. The first-order chi connectivity index (χ1) is 25.3. The van der Waals surface area contributed by atoms with E-state index in [2.05, 4.69) is 205 Å². The molecule has 8 aromatic carbocycles. The van der Waals surface area contributed by atoms with E-state index in [0.29, 0.717) is 0 Å². The van der Waals surface area contributed by atoms with Gasteiger partial charge in [0.25, 0.3) is 0 Å². The van der Waals surface area contributed by atoms with E-state index in [4.69, 9.17) is 0 Å². The Bertz CT molecular complexity index is 2630. The molecule has 240 valence electrons.